The second-order valence-corrected chi connectivity index (χ2v) is 4.61. The van der Waals surface area contributed by atoms with Crippen LogP contribution in [0.5, 0.6) is 0 Å². The van der Waals surface area contributed by atoms with Gasteiger partial charge in [-0.2, -0.15) is 0 Å². The van der Waals surface area contributed by atoms with Crippen molar-refractivity contribution < 1.29 is 9.50 Å². The number of aliphatic hydroxyl groups is 1. The van der Waals surface area contributed by atoms with Gasteiger partial charge < -0.3 is 10.8 Å². The molecule has 0 aliphatic rings. The number of halogens is 1. The molecule has 0 fully saturated rings. The summed E-state index contributed by atoms with van der Waals surface area (Å²) in [6.07, 6.45) is 4.04. The maximum Gasteiger partial charge on any atom is 0.123 e. The summed E-state index contributed by atoms with van der Waals surface area (Å²) in [4.78, 5) is 0. The first kappa shape index (κ1) is 14.1. The van der Waals surface area contributed by atoms with Gasteiger partial charge in [-0.3, -0.25) is 0 Å². The number of hydrogen-bond donors (Lipinski definition) is 2. The van der Waals surface area contributed by atoms with Crippen LogP contribution in [0.4, 0.5) is 4.39 Å². The molecule has 2 nitrogen and oxygen atoms in total. The molecule has 0 amide bonds. The average molecular weight is 239 g/mol. The Bertz CT molecular complexity index is 337. The predicted octanol–water partition coefficient (Wildman–Crippen LogP) is 2.59. The first-order chi connectivity index (χ1) is 8.18. The van der Waals surface area contributed by atoms with Gasteiger partial charge in [0.2, 0.25) is 0 Å². The highest BCUT2D eigenvalue weighted by Gasteiger charge is 2.29. The summed E-state index contributed by atoms with van der Waals surface area (Å²) in [5.74, 6) is -0.274. The molecule has 0 aliphatic carbocycles. The SMILES string of the molecule is CCCCCC(CN)(CO)c1cccc(F)c1. The number of aliphatic hydroxyl groups excluding tert-OH is 1. The zero-order valence-electron chi connectivity index (χ0n) is 10.5. The van der Waals surface area contributed by atoms with Crippen molar-refractivity contribution in [1.82, 2.24) is 0 Å². The van der Waals surface area contributed by atoms with Crippen molar-refractivity contribution in [3.8, 4) is 0 Å². The van der Waals surface area contributed by atoms with Crippen LogP contribution < -0.4 is 5.73 Å². The lowest BCUT2D eigenvalue weighted by Gasteiger charge is -2.31. The molecular formula is C14H22FNO. The van der Waals surface area contributed by atoms with E-state index in [4.69, 9.17) is 5.73 Å². The van der Waals surface area contributed by atoms with E-state index in [1.807, 2.05) is 6.07 Å². The lowest BCUT2D eigenvalue weighted by atomic mass is 9.77. The average Bonchev–Trinajstić information content (AvgIpc) is 2.35. The summed E-state index contributed by atoms with van der Waals surface area (Å²) in [5.41, 5.74) is 6.12. The van der Waals surface area contributed by atoms with E-state index in [9.17, 15) is 9.50 Å². The molecule has 17 heavy (non-hydrogen) atoms. The molecule has 0 saturated carbocycles. The van der Waals surface area contributed by atoms with Crippen LogP contribution in [0.3, 0.4) is 0 Å². The number of unbranched alkanes of at least 4 members (excludes halogenated alkanes) is 2. The molecule has 1 rings (SSSR count). The first-order valence-corrected chi connectivity index (χ1v) is 6.25. The predicted molar refractivity (Wildman–Crippen MR) is 68.4 cm³/mol. The van der Waals surface area contributed by atoms with Gasteiger partial charge in [-0.05, 0) is 24.1 Å². The van der Waals surface area contributed by atoms with Crippen molar-refractivity contribution >= 4 is 0 Å². The van der Waals surface area contributed by atoms with Crippen molar-refractivity contribution in [2.24, 2.45) is 5.73 Å². The molecule has 1 aromatic carbocycles. The topological polar surface area (TPSA) is 46.2 Å². The summed E-state index contributed by atoms with van der Waals surface area (Å²) in [5, 5.41) is 9.62. The summed E-state index contributed by atoms with van der Waals surface area (Å²) in [6, 6.07) is 6.41. The third-order valence-electron chi connectivity index (χ3n) is 3.39. The Kier molecular flexibility index (Phi) is 5.59. The molecule has 0 aromatic heterocycles. The fourth-order valence-corrected chi connectivity index (χ4v) is 2.13. The highest BCUT2D eigenvalue weighted by atomic mass is 19.1. The van der Waals surface area contributed by atoms with E-state index in [-0.39, 0.29) is 12.4 Å². The van der Waals surface area contributed by atoms with E-state index >= 15 is 0 Å². The third kappa shape index (κ3) is 3.51. The number of hydrogen-bond acceptors (Lipinski definition) is 2. The van der Waals surface area contributed by atoms with Crippen LogP contribution in [0.15, 0.2) is 24.3 Å². The van der Waals surface area contributed by atoms with Crippen molar-refractivity contribution in [3.63, 3.8) is 0 Å². The van der Waals surface area contributed by atoms with Crippen LogP contribution in [0.1, 0.15) is 38.2 Å². The molecule has 1 aromatic rings. The summed E-state index contributed by atoms with van der Waals surface area (Å²) >= 11 is 0. The molecule has 3 N–H and O–H groups in total. The summed E-state index contributed by atoms with van der Waals surface area (Å²) < 4.78 is 13.2. The van der Waals surface area contributed by atoms with Gasteiger partial charge in [0.05, 0.1) is 6.61 Å². The number of nitrogens with two attached hydrogens (primary N) is 1. The molecule has 3 heteroatoms. The molecule has 0 heterocycles. The zero-order chi connectivity index (χ0) is 12.7. The minimum atomic E-state index is -0.489. The maximum absolute atomic E-state index is 13.2. The Morgan fingerprint density at radius 1 is 1.35 bits per heavy atom. The lowest BCUT2D eigenvalue weighted by molar-refractivity contribution is 0.184. The van der Waals surface area contributed by atoms with Crippen LogP contribution >= 0.6 is 0 Å². The lowest BCUT2D eigenvalue weighted by Crippen LogP contribution is -2.39. The quantitative estimate of drug-likeness (QED) is 0.718. The Morgan fingerprint density at radius 2 is 2.12 bits per heavy atom. The highest BCUT2D eigenvalue weighted by molar-refractivity contribution is 5.27. The van der Waals surface area contributed by atoms with Gasteiger partial charge in [-0.1, -0.05) is 38.3 Å². The Hall–Kier alpha value is -0.930. The smallest absolute Gasteiger partial charge is 0.123 e. The number of benzene rings is 1. The minimum absolute atomic E-state index is 0.0311. The molecule has 1 atom stereocenters. The Labute approximate surface area is 103 Å². The van der Waals surface area contributed by atoms with Crippen molar-refractivity contribution in [2.45, 2.75) is 38.0 Å². The van der Waals surface area contributed by atoms with Gasteiger partial charge in [0, 0.05) is 12.0 Å². The van der Waals surface area contributed by atoms with E-state index in [1.54, 1.807) is 6.07 Å². The molecule has 0 bridgehead atoms. The molecular weight excluding hydrogens is 217 g/mol. The van der Waals surface area contributed by atoms with Crippen LogP contribution in [-0.2, 0) is 5.41 Å². The maximum atomic E-state index is 13.2. The molecule has 1 unspecified atom stereocenters. The van der Waals surface area contributed by atoms with Gasteiger partial charge >= 0.3 is 0 Å². The fourth-order valence-electron chi connectivity index (χ4n) is 2.13. The largest absolute Gasteiger partial charge is 0.395 e. The van der Waals surface area contributed by atoms with E-state index < -0.39 is 5.41 Å². The minimum Gasteiger partial charge on any atom is -0.395 e. The van der Waals surface area contributed by atoms with Crippen LogP contribution in [0.25, 0.3) is 0 Å². The fraction of sp³-hybridized carbons (Fsp3) is 0.571. The third-order valence-corrected chi connectivity index (χ3v) is 3.39. The van der Waals surface area contributed by atoms with Crippen molar-refractivity contribution in [3.05, 3.63) is 35.6 Å². The normalized spacial score (nSPS) is 14.6. The van der Waals surface area contributed by atoms with Crippen molar-refractivity contribution in [2.75, 3.05) is 13.2 Å². The van der Waals surface area contributed by atoms with Crippen molar-refractivity contribution in [1.29, 1.82) is 0 Å². The van der Waals surface area contributed by atoms with E-state index in [2.05, 4.69) is 6.92 Å². The second kappa shape index (κ2) is 6.72. The van der Waals surface area contributed by atoms with E-state index in [0.717, 1.165) is 31.2 Å². The van der Waals surface area contributed by atoms with Gasteiger partial charge in [0.25, 0.3) is 0 Å². The van der Waals surface area contributed by atoms with Crippen LogP contribution in [-0.4, -0.2) is 18.3 Å². The number of rotatable bonds is 7. The van der Waals surface area contributed by atoms with Gasteiger partial charge in [-0.15, -0.1) is 0 Å². The molecule has 96 valence electrons. The second-order valence-electron chi connectivity index (χ2n) is 4.61. The molecule has 0 aliphatic heterocycles. The van der Waals surface area contributed by atoms with Crippen LogP contribution in [0.2, 0.25) is 0 Å². The van der Waals surface area contributed by atoms with E-state index in [1.165, 1.54) is 12.1 Å². The summed E-state index contributed by atoms with van der Waals surface area (Å²) in [6.45, 7) is 2.44. The first-order valence-electron chi connectivity index (χ1n) is 6.25. The Balaban J connectivity index is 2.89. The van der Waals surface area contributed by atoms with Crippen LogP contribution in [0, 0.1) is 5.82 Å². The molecule has 0 spiro atoms. The highest BCUT2D eigenvalue weighted by Crippen LogP contribution is 2.29. The monoisotopic (exact) mass is 239 g/mol. The Morgan fingerprint density at radius 3 is 2.65 bits per heavy atom. The van der Waals surface area contributed by atoms with Gasteiger partial charge in [0.15, 0.2) is 0 Å². The zero-order valence-corrected chi connectivity index (χ0v) is 10.5. The van der Waals surface area contributed by atoms with Gasteiger partial charge in [-0.25, -0.2) is 4.39 Å². The summed E-state index contributed by atoms with van der Waals surface area (Å²) in [7, 11) is 0. The molecule has 0 radical (unpaired) electrons. The van der Waals surface area contributed by atoms with Gasteiger partial charge in [0.1, 0.15) is 5.82 Å². The van der Waals surface area contributed by atoms with E-state index in [0.29, 0.717) is 6.54 Å². The standard InChI is InChI=1S/C14H22FNO/c1-2-3-4-8-14(10-16,11-17)12-6-5-7-13(15)9-12/h5-7,9,17H,2-4,8,10-11,16H2,1H3. The molecule has 0 saturated heterocycles.